The Hall–Kier alpha value is -2.94. The average molecular weight is 361 g/mol. The van der Waals surface area contributed by atoms with E-state index < -0.39 is 0 Å². The van der Waals surface area contributed by atoms with Crippen molar-refractivity contribution in [3.8, 4) is 11.5 Å². The number of rotatable bonds is 9. The van der Waals surface area contributed by atoms with E-state index in [1.165, 1.54) is 5.56 Å². The smallest absolute Gasteiger partial charge is 0.124 e. The molecule has 0 aliphatic carbocycles. The maximum absolute atomic E-state index is 5.91. The molecule has 0 bridgehead atoms. The van der Waals surface area contributed by atoms with Gasteiger partial charge in [-0.15, -0.1) is 0 Å². The molecule has 0 radical (unpaired) electrons. The first-order valence-corrected chi connectivity index (χ1v) is 9.46. The van der Waals surface area contributed by atoms with Crippen LogP contribution in [0, 0.1) is 0 Å². The van der Waals surface area contributed by atoms with E-state index in [9.17, 15) is 0 Å². The second kappa shape index (κ2) is 9.67. The van der Waals surface area contributed by atoms with Gasteiger partial charge in [0, 0.05) is 30.3 Å². The molecule has 0 atom stereocenters. The number of nitrogens with one attached hydrogen (secondary N) is 1. The van der Waals surface area contributed by atoms with Crippen molar-refractivity contribution in [2.75, 3.05) is 11.9 Å². The van der Waals surface area contributed by atoms with E-state index in [0.29, 0.717) is 13.2 Å². The summed E-state index contributed by atoms with van der Waals surface area (Å²) in [5, 5.41) is 3.46. The highest BCUT2D eigenvalue weighted by Gasteiger charge is 2.05. The van der Waals surface area contributed by atoms with Gasteiger partial charge in [0.05, 0.1) is 12.7 Å². The molecule has 0 unspecified atom stereocenters. The van der Waals surface area contributed by atoms with Gasteiger partial charge >= 0.3 is 0 Å². The molecule has 0 fully saturated rings. The summed E-state index contributed by atoms with van der Waals surface area (Å²) in [6.45, 7) is 5.45. The van der Waals surface area contributed by atoms with E-state index in [-0.39, 0.29) is 6.10 Å². The topological polar surface area (TPSA) is 30.5 Å². The lowest BCUT2D eigenvalue weighted by atomic mass is 10.2. The maximum atomic E-state index is 5.91. The second-order valence-corrected chi connectivity index (χ2v) is 6.74. The quantitative estimate of drug-likeness (QED) is 0.530. The predicted molar refractivity (Wildman–Crippen MR) is 112 cm³/mol. The summed E-state index contributed by atoms with van der Waals surface area (Å²) >= 11 is 0. The van der Waals surface area contributed by atoms with Crippen LogP contribution in [0.3, 0.4) is 0 Å². The number of benzene rings is 3. The fraction of sp³-hybridized carbons (Fsp3) is 0.250. The van der Waals surface area contributed by atoms with E-state index in [1.54, 1.807) is 0 Å². The van der Waals surface area contributed by atoms with Crippen LogP contribution in [0.15, 0.2) is 78.9 Å². The van der Waals surface area contributed by atoms with E-state index in [4.69, 9.17) is 9.47 Å². The normalized spacial score (nSPS) is 10.6. The molecule has 3 rings (SSSR count). The Morgan fingerprint density at radius 3 is 2.44 bits per heavy atom. The molecule has 140 valence electrons. The van der Waals surface area contributed by atoms with Crippen LogP contribution in [0.1, 0.15) is 25.0 Å². The minimum atomic E-state index is 0.160. The zero-order chi connectivity index (χ0) is 18.9. The summed E-state index contributed by atoms with van der Waals surface area (Å²) < 4.78 is 11.8. The van der Waals surface area contributed by atoms with Gasteiger partial charge in [0.1, 0.15) is 11.5 Å². The van der Waals surface area contributed by atoms with E-state index >= 15 is 0 Å². The first kappa shape index (κ1) is 18.8. The van der Waals surface area contributed by atoms with Crippen LogP contribution in [-0.2, 0) is 13.0 Å². The molecule has 0 saturated carbocycles. The lowest BCUT2D eigenvalue weighted by Gasteiger charge is -2.15. The van der Waals surface area contributed by atoms with Crippen molar-refractivity contribution in [1.29, 1.82) is 0 Å². The first-order chi connectivity index (χ1) is 13.2. The molecule has 0 aliphatic heterocycles. The third-order valence-corrected chi connectivity index (χ3v) is 4.15. The third kappa shape index (κ3) is 6.07. The lowest BCUT2D eigenvalue weighted by Crippen LogP contribution is -2.09. The van der Waals surface area contributed by atoms with Crippen LogP contribution in [0.25, 0.3) is 0 Å². The van der Waals surface area contributed by atoms with Gasteiger partial charge in [-0.25, -0.2) is 0 Å². The van der Waals surface area contributed by atoms with Crippen molar-refractivity contribution < 1.29 is 9.47 Å². The molecule has 0 aromatic heterocycles. The van der Waals surface area contributed by atoms with Crippen LogP contribution >= 0.6 is 0 Å². The fourth-order valence-electron chi connectivity index (χ4n) is 2.84. The largest absolute Gasteiger partial charge is 0.493 e. The van der Waals surface area contributed by atoms with Crippen molar-refractivity contribution >= 4 is 5.69 Å². The van der Waals surface area contributed by atoms with Gasteiger partial charge in [0.25, 0.3) is 0 Å². The van der Waals surface area contributed by atoms with Gasteiger partial charge in [-0.2, -0.15) is 0 Å². The molecule has 0 spiro atoms. The van der Waals surface area contributed by atoms with Crippen LogP contribution < -0.4 is 14.8 Å². The highest BCUT2D eigenvalue weighted by atomic mass is 16.5. The number of ether oxygens (including phenoxy) is 2. The summed E-state index contributed by atoms with van der Waals surface area (Å²) in [7, 11) is 0. The molecule has 0 heterocycles. The fourth-order valence-corrected chi connectivity index (χ4v) is 2.84. The van der Waals surface area contributed by atoms with Gasteiger partial charge in [-0.1, -0.05) is 54.6 Å². The SMILES string of the molecule is CC(C)Oc1ccccc1CNc1cccc(OCCc2ccccc2)c1. The Kier molecular flexibility index (Phi) is 6.75. The molecule has 3 nitrogen and oxygen atoms in total. The Bertz CT molecular complexity index is 831. The van der Waals surface area contributed by atoms with Crippen LogP contribution in [0.5, 0.6) is 11.5 Å². The van der Waals surface area contributed by atoms with Gasteiger partial charge < -0.3 is 14.8 Å². The standard InChI is InChI=1S/C24H27NO2/c1-19(2)27-24-14-7-6-11-21(24)18-25-22-12-8-13-23(17-22)26-16-15-20-9-4-3-5-10-20/h3-14,17,19,25H,15-16,18H2,1-2H3. The van der Waals surface area contributed by atoms with Crippen molar-refractivity contribution in [3.63, 3.8) is 0 Å². The molecule has 3 aromatic carbocycles. The maximum Gasteiger partial charge on any atom is 0.124 e. The second-order valence-electron chi connectivity index (χ2n) is 6.74. The Balaban J connectivity index is 1.55. The summed E-state index contributed by atoms with van der Waals surface area (Å²) in [6, 6.07) is 26.6. The van der Waals surface area contributed by atoms with E-state index in [1.807, 2.05) is 56.3 Å². The summed E-state index contributed by atoms with van der Waals surface area (Å²) in [6.07, 6.45) is 1.06. The Labute approximate surface area is 162 Å². The Morgan fingerprint density at radius 2 is 1.63 bits per heavy atom. The molecule has 27 heavy (non-hydrogen) atoms. The zero-order valence-corrected chi connectivity index (χ0v) is 16.0. The highest BCUT2D eigenvalue weighted by Crippen LogP contribution is 2.22. The summed E-state index contributed by atoms with van der Waals surface area (Å²) in [4.78, 5) is 0. The molecule has 0 saturated heterocycles. The molecule has 3 aromatic rings. The number of hydrogen-bond acceptors (Lipinski definition) is 3. The molecule has 0 amide bonds. The van der Waals surface area contributed by atoms with Gasteiger partial charge in [0.2, 0.25) is 0 Å². The van der Waals surface area contributed by atoms with Crippen LogP contribution in [-0.4, -0.2) is 12.7 Å². The van der Waals surface area contributed by atoms with Crippen LogP contribution in [0.4, 0.5) is 5.69 Å². The van der Waals surface area contributed by atoms with Crippen molar-refractivity contribution in [2.45, 2.75) is 32.9 Å². The monoisotopic (exact) mass is 361 g/mol. The molecule has 1 N–H and O–H groups in total. The minimum absolute atomic E-state index is 0.160. The van der Waals surface area contributed by atoms with Gasteiger partial charge in [-0.3, -0.25) is 0 Å². The number of hydrogen-bond donors (Lipinski definition) is 1. The third-order valence-electron chi connectivity index (χ3n) is 4.15. The van der Waals surface area contributed by atoms with Crippen LogP contribution in [0.2, 0.25) is 0 Å². The average Bonchev–Trinajstić information content (AvgIpc) is 2.68. The van der Waals surface area contributed by atoms with Crippen molar-refractivity contribution in [2.24, 2.45) is 0 Å². The van der Waals surface area contributed by atoms with Crippen molar-refractivity contribution in [3.05, 3.63) is 90.0 Å². The lowest BCUT2D eigenvalue weighted by molar-refractivity contribution is 0.240. The summed E-state index contributed by atoms with van der Waals surface area (Å²) in [5.41, 5.74) is 3.46. The molecular weight excluding hydrogens is 334 g/mol. The van der Waals surface area contributed by atoms with Gasteiger partial charge in [-0.05, 0) is 37.6 Å². The van der Waals surface area contributed by atoms with E-state index in [2.05, 4.69) is 41.7 Å². The zero-order valence-electron chi connectivity index (χ0n) is 16.0. The minimum Gasteiger partial charge on any atom is -0.493 e. The van der Waals surface area contributed by atoms with E-state index in [0.717, 1.165) is 29.2 Å². The highest BCUT2D eigenvalue weighted by molar-refractivity contribution is 5.49. The number of anilines is 1. The molecule has 0 aliphatic rings. The predicted octanol–water partition coefficient (Wildman–Crippen LogP) is 5.71. The van der Waals surface area contributed by atoms with Crippen molar-refractivity contribution in [1.82, 2.24) is 0 Å². The molecular formula is C24H27NO2. The Morgan fingerprint density at radius 1 is 0.852 bits per heavy atom. The van der Waals surface area contributed by atoms with Gasteiger partial charge in [0.15, 0.2) is 0 Å². The summed E-state index contributed by atoms with van der Waals surface area (Å²) in [5.74, 6) is 1.80. The molecule has 3 heteroatoms. The number of para-hydroxylation sites is 1. The first-order valence-electron chi connectivity index (χ1n) is 9.46.